The zero-order chi connectivity index (χ0) is 19.7. The molecule has 0 unspecified atom stereocenters. The minimum Gasteiger partial charge on any atom is -0.324 e. The van der Waals surface area contributed by atoms with Gasteiger partial charge in [0.2, 0.25) is 5.91 Å². The Morgan fingerprint density at radius 1 is 0.963 bits per heavy atom. The summed E-state index contributed by atoms with van der Waals surface area (Å²) in [4.78, 5) is 38.6. The number of carbonyl (C=O) groups excluding carboxylic acids is 1. The van der Waals surface area contributed by atoms with Crippen LogP contribution in [-0.2, 0) is 4.79 Å². The lowest BCUT2D eigenvalue weighted by Crippen LogP contribution is -2.44. The molecule has 2 aromatic carbocycles. The Kier molecular flexibility index (Phi) is 4.99. The Hall–Kier alpha value is -3.15. The minimum atomic E-state index is -0.784. The minimum absolute atomic E-state index is 0.312. The highest BCUT2D eigenvalue weighted by Gasteiger charge is 2.23. The summed E-state index contributed by atoms with van der Waals surface area (Å²) < 4.78 is 2.58. The molecule has 0 saturated carbocycles. The van der Waals surface area contributed by atoms with Gasteiger partial charge in [0.25, 0.3) is 5.56 Å². The number of aryl methyl sites for hydroxylation is 1. The van der Waals surface area contributed by atoms with E-state index in [2.05, 4.69) is 5.32 Å². The monoisotopic (exact) mass is 365 g/mol. The number of nitrogens with zero attached hydrogens (tertiary/aromatic N) is 2. The van der Waals surface area contributed by atoms with E-state index < -0.39 is 11.7 Å². The van der Waals surface area contributed by atoms with Crippen LogP contribution in [0.15, 0.2) is 58.1 Å². The number of nitrogens with one attached hydrogen (secondary N) is 1. The largest absolute Gasteiger partial charge is 0.332 e. The number of benzene rings is 2. The van der Waals surface area contributed by atoms with Gasteiger partial charge in [-0.05, 0) is 57.5 Å². The summed E-state index contributed by atoms with van der Waals surface area (Å²) in [6.45, 7) is 7.16. The van der Waals surface area contributed by atoms with Gasteiger partial charge in [0.05, 0.1) is 10.9 Å². The van der Waals surface area contributed by atoms with Crippen LogP contribution in [0.4, 0.5) is 5.69 Å². The second kappa shape index (κ2) is 7.23. The summed E-state index contributed by atoms with van der Waals surface area (Å²) >= 11 is 0. The Morgan fingerprint density at radius 2 is 1.67 bits per heavy atom. The number of hydrogen-bond acceptors (Lipinski definition) is 3. The van der Waals surface area contributed by atoms with Crippen molar-refractivity contribution in [3.05, 3.63) is 74.9 Å². The van der Waals surface area contributed by atoms with E-state index in [9.17, 15) is 14.4 Å². The molecular weight excluding hydrogens is 342 g/mol. The van der Waals surface area contributed by atoms with Gasteiger partial charge in [-0.1, -0.05) is 24.3 Å². The van der Waals surface area contributed by atoms with Crippen molar-refractivity contribution in [1.82, 2.24) is 9.13 Å². The lowest BCUT2D eigenvalue weighted by atomic mass is 10.2. The van der Waals surface area contributed by atoms with Crippen molar-refractivity contribution in [2.24, 2.45) is 0 Å². The van der Waals surface area contributed by atoms with Gasteiger partial charge >= 0.3 is 5.69 Å². The fraction of sp³-hybridized carbons (Fsp3) is 0.286. The molecule has 0 spiro atoms. The number of aromatic nitrogens is 2. The molecule has 0 fully saturated rings. The third-order valence-electron chi connectivity index (χ3n) is 4.59. The number of para-hydroxylation sites is 1. The highest BCUT2D eigenvalue weighted by atomic mass is 16.2. The van der Waals surface area contributed by atoms with Crippen LogP contribution in [0.25, 0.3) is 10.9 Å². The Morgan fingerprint density at radius 3 is 2.33 bits per heavy atom. The second-order valence-electron chi connectivity index (χ2n) is 6.97. The van der Waals surface area contributed by atoms with Crippen LogP contribution in [-0.4, -0.2) is 15.0 Å². The first-order valence-electron chi connectivity index (χ1n) is 8.94. The summed E-state index contributed by atoms with van der Waals surface area (Å²) in [5, 5.41) is 3.27. The summed E-state index contributed by atoms with van der Waals surface area (Å²) in [5.41, 5.74) is 1.32. The average Bonchev–Trinajstić information content (AvgIpc) is 2.61. The SMILES string of the molecule is Cc1cccc(NC(=O)[C@H](C)n2c(=O)n(C(C)C)c(=O)c3ccccc32)c1. The number of rotatable bonds is 4. The zero-order valence-electron chi connectivity index (χ0n) is 15.9. The number of hydrogen-bond donors (Lipinski definition) is 1. The molecular formula is C21H23N3O3. The first-order valence-corrected chi connectivity index (χ1v) is 8.94. The summed E-state index contributed by atoms with van der Waals surface area (Å²) in [5.74, 6) is -0.318. The third-order valence-corrected chi connectivity index (χ3v) is 4.59. The van der Waals surface area contributed by atoms with Crippen LogP contribution >= 0.6 is 0 Å². The molecule has 0 aliphatic carbocycles. The Labute approximate surface area is 157 Å². The van der Waals surface area contributed by atoms with Crippen molar-refractivity contribution < 1.29 is 4.79 Å². The summed E-state index contributed by atoms with van der Waals surface area (Å²) in [6, 6.07) is 13.2. The quantitative estimate of drug-likeness (QED) is 0.771. The fourth-order valence-corrected chi connectivity index (χ4v) is 3.22. The van der Waals surface area contributed by atoms with Gasteiger partial charge in [0.1, 0.15) is 6.04 Å². The van der Waals surface area contributed by atoms with E-state index >= 15 is 0 Å². The molecule has 1 atom stereocenters. The topological polar surface area (TPSA) is 73.1 Å². The molecule has 6 heteroatoms. The first kappa shape index (κ1) is 18.6. The molecule has 3 rings (SSSR count). The zero-order valence-corrected chi connectivity index (χ0v) is 15.9. The Bertz CT molecular complexity index is 1130. The van der Waals surface area contributed by atoms with E-state index in [-0.39, 0.29) is 17.5 Å². The molecule has 27 heavy (non-hydrogen) atoms. The van der Waals surface area contributed by atoms with Crippen LogP contribution in [0.1, 0.15) is 38.4 Å². The maximum atomic E-state index is 13.0. The summed E-state index contributed by atoms with van der Waals surface area (Å²) in [7, 11) is 0. The maximum absolute atomic E-state index is 13.0. The normalized spacial score (nSPS) is 12.3. The number of anilines is 1. The standard InChI is InChI=1S/C21H23N3O3/c1-13(2)23-20(26)17-10-5-6-11-18(17)24(21(23)27)15(4)19(25)22-16-9-7-8-14(3)12-16/h5-13,15H,1-4H3,(H,22,25)/t15-/m0/s1. The van der Waals surface area contributed by atoms with Crippen molar-refractivity contribution in [3.8, 4) is 0 Å². The van der Waals surface area contributed by atoms with Gasteiger partial charge in [-0.15, -0.1) is 0 Å². The lowest BCUT2D eigenvalue weighted by molar-refractivity contribution is -0.118. The van der Waals surface area contributed by atoms with Gasteiger partial charge < -0.3 is 5.32 Å². The Balaban J connectivity index is 2.14. The van der Waals surface area contributed by atoms with E-state index in [4.69, 9.17) is 0 Å². The van der Waals surface area contributed by atoms with Crippen LogP contribution in [0.5, 0.6) is 0 Å². The van der Waals surface area contributed by atoms with Crippen LogP contribution in [0.3, 0.4) is 0 Å². The van der Waals surface area contributed by atoms with Crippen molar-refractivity contribution >= 4 is 22.5 Å². The first-order chi connectivity index (χ1) is 12.8. The van der Waals surface area contributed by atoms with E-state index in [0.29, 0.717) is 16.6 Å². The van der Waals surface area contributed by atoms with Crippen molar-refractivity contribution in [3.63, 3.8) is 0 Å². The van der Waals surface area contributed by atoms with Crippen molar-refractivity contribution in [1.29, 1.82) is 0 Å². The van der Waals surface area contributed by atoms with E-state index in [1.807, 2.05) is 25.1 Å². The molecule has 3 aromatic rings. The average molecular weight is 365 g/mol. The predicted octanol–water partition coefficient (Wildman–Crippen LogP) is 3.25. The smallest absolute Gasteiger partial charge is 0.324 e. The lowest BCUT2D eigenvalue weighted by Gasteiger charge is -2.20. The number of fused-ring (bicyclic) bond motifs is 1. The molecule has 140 valence electrons. The molecule has 0 radical (unpaired) electrons. The van der Waals surface area contributed by atoms with E-state index in [1.165, 1.54) is 9.13 Å². The van der Waals surface area contributed by atoms with Gasteiger partial charge in [0, 0.05) is 11.7 Å². The molecule has 0 aliphatic heterocycles. The van der Waals surface area contributed by atoms with Crippen LogP contribution in [0, 0.1) is 6.92 Å². The highest BCUT2D eigenvalue weighted by molar-refractivity contribution is 5.94. The highest BCUT2D eigenvalue weighted by Crippen LogP contribution is 2.17. The van der Waals surface area contributed by atoms with Crippen LogP contribution in [0.2, 0.25) is 0 Å². The van der Waals surface area contributed by atoms with Gasteiger partial charge in [0.15, 0.2) is 0 Å². The van der Waals surface area contributed by atoms with E-state index in [1.54, 1.807) is 51.1 Å². The molecule has 1 aromatic heterocycles. The van der Waals surface area contributed by atoms with Crippen molar-refractivity contribution in [2.45, 2.75) is 39.8 Å². The van der Waals surface area contributed by atoms with E-state index in [0.717, 1.165) is 5.56 Å². The maximum Gasteiger partial charge on any atom is 0.332 e. The van der Waals surface area contributed by atoms with Crippen LogP contribution < -0.4 is 16.6 Å². The molecule has 6 nitrogen and oxygen atoms in total. The third kappa shape index (κ3) is 3.43. The van der Waals surface area contributed by atoms with Gasteiger partial charge in [-0.3, -0.25) is 18.7 Å². The summed E-state index contributed by atoms with van der Waals surface area (Å²) in [6.07, 6.45) is 0. The second-order valence-corrected chi connectivity index (χ2v) is 6.97. The molecule has 1 amide bonds. The number of carbonyl (C=O) groups is 1. The molecule has 0 aliphatic rings. The molecule has 0 saturated heterocycles. The molecule has 1 N–H and O–H groups in total. The van der Waals surface area contributed by atoms with Gasteiger partial charge in [-0.25, -0.2) is 4.79 Å². The predicted molar refractivity (Wildman–Crippen MR) is 107 cm³/mol. The fourth-order valence-electron chi connectivity index (χ4n) is 3.22. The van der Waals surface area contributed by atoms with Crippen molar-refractivity contribution in [2.75, 3.05) is 5.32 Å². The molecule has 1 heterocycles. The molecule has 0 bridgehead atoms. The van der Waals surface area contributed by atoms with Gasteiger partial charge in [-0.2, -0.15) is 0 Å². The number of amides is 1.